The van der Waals surface area contributed by atoms with Gasteiger partial charge in [0.25, 0.3) is 0 Å². The molecule has 144 valence electrons. The lowest BCUT2D eigenvalue weighted by Crippen LogP contribution is -2.64. The van der Waals surface area contributed by atoms with Crippen LogP contribution in [0.3, 0.4) is 0 Å². The van der Waals surface area contributed by atoms with E-state index in [4.69, 9.17) is 0 Å². The van der Waals surface area contributed by atoms with Crippen molar-refractivity contribution in [2.45, 2.75) is 65.3 Å². The van der Waals surface area contributed by atoms with E-state index >= 15 is 0 Å². The molecular weight excluding hydrogens is 340 g/mol. The second kappa shape index (κ2) is 6.18. The van der Waals surface area contributed by atoms with E-state index in [0.717, 1.165) is 42.7 Å². The summed E-state index contributed by atoms with van der Waals surface area (Å²) >= 11 is 0. The zero-order valence-electron chi connectivity index (χ0n) is 16.4. The predicted octanol–water partition coefficient (Wildman–Crippen LogP) is 3.50. The van der Waals surface area contributed by atoms with Gasteiger partial charge in [-0.15, -0.1) is 0 Å². The first-order valence-corrected chi connectivity index (χ1v) is 9.97. The minimum absolute atomic E-state index is 0.0264. The van der Waals surface area contributed by atoms with Crippen molar-refractivity contribution >= 4 is 28.8 Å². The molecule has 1 saturated carbocycles. The zero-order valence-corrected chi connectivity index (χ0v) is 16.4. The molecule has 3 aliphatic rings. The van der Waals surface area contributed by atoms with E-state index in [0.29, 0.717) is 19.3 Å². The Morgan fingerprint density at radius 2 is 1.81 bits per heavy atom. The minimum Gasteiger partial charge on any atom is -0.367 e. The van der Waals surface area contributed by atoms with Crippen molar-refractivity contribution in [2.75, 3.05) is 16.8 Å². The molecule has 2 heterocycles. The Hall–Kier alpha value is -2.17. The van der Waals surface area contributed by atoms with E-state index in [-0.39, 0.29) is 28.9 Å². The van der Waals surface area contributed by atoms with Gasteiger partial charge in [0, 0.05) is 43.7 Å². The van der Waals surface area contributed by atoms with Gasteiger partial charge in [0.2, 0.25) is 5.91 Å². The number of piperidine rings is 1. The Kier molecular flexibility index (Phi) is 4.17. The van der Waals surface area contributed by atoms with Gasteiger partial charge in [-0.05, 0) is 54.9 Å². The SMILES string of the molecule is CC(=O)Nc1ccc2c(c1)CC1(C(=O)CC(C)(C)CC1=O)C1CCCCN21. The van der Waals surface area contributed by atoms with Crippen LogP contribution < -0.4 is 10.2 Å². The number of anilines is 2. The fourth-order valence-electron chi connectivity index (χ4n) is 5.41. The summed E-state index contributed by atoms with van der Waals surface area (Å²) in [6, 6.07) is 5.87. The summed E-state index contributed by atoms with van der Waals surface area (Å²) in [5.74, 6) is 0.0929. The van der Waals surface area contributed by atoms with Gasteiger partial charge in [0.1, 0.15) is 17.0 Å². The van der Waals surface area contributed by atoms with Crippen molar-refractivity contribution in [2.24, 2.45) is 10.8 Å². The molecule has 5 nitrogen and oxygen atoms in total. The Balaban J connectivity index is 1.82. The molecule has 0 aromatic heterocycles. The maximum atomic E-state index is 13.4. The normalized spacial score (nSPS) is 25.7. The average Bonchev–Trinajstić information content (AvgIpc) is 2.58. The number of rotatable bonds is 1. The molecule has 1 aliphatic carbocycles. The third-order valence-corrected chi connectivity index (χ3v) is 6.52. The van der Waals surface area contributed by atoms with Crippen LogP contribution >= 0.6 is 0 Å². The summed E-state index contributed by atoms with van der Waals surface area (Å²) in [6.45, 7) is 6.39. The van der Waals surface area contributed by atoms with Crippen molar-refractivity contribution in [3.8, 4) is 0 Å². The summed E-state index contributed by atoms with van der Waals surface area (Å²) < 4.78 is 0. The van der Waals surface area contributed by atoms with E-state index in [1.807, 2.05) is 32.0 Å². The van der Waals surface area contributed by atoms with Gasteiger partial charge in [0.15, 0.2) is 0 Å². The van der Waals surface area contributed by atoms with Crippen LogP contribution in [0.25, 0.3) is 0 Å². The number of hydrogen-bond acceptors (Lipinski definition) is 4. The van der Waals surface area contributed by atoms with Crippen LogP contribution in [0.15, 0.2) is 18.2 Å². The van der Waals surface area contributed by atoms with Crippen molar-refractivity contribution in [1.82, 2.24) is 0 Å². The molecule has 0 radical (unpaired) electrons. The van der Waals surface area contributed by atoms with E-state index in [1.54, 1.807) is 0 Å². The van der Waals surface area contributed by atoms with Gasteiger partial charge in [0.05, 0.1) is 0 Å². The molecule has 2 fully saturated rings. The summed E-state index contributed by atoms with van der Waals surface area (Å²) in [4.78, 5) is 40.6. The van der Waals surface area contributed by atoms with Crippen LogP contribution in [-0.4, -0.2) is 30.1 Å². The fourth-order valence-corrected chi connectivity index (χ4v) is 5.41. The third kappa shape index (κ3) is 2.88. The number of benzene rings is 1. The minimum atomic E-state index is -0.919. The molecule has 2 aliphatic heterocycles. The number of ketones is 2. The maximum Gasteiger partial charge on any atom is 0.221 e. The lowest BCUT2D eigenvalue weighted by atomic mass is 9.55. The molecule has 5 heteroatoms. The number of carbonyl (C=O) groups is 3. The van der Waals surface area contributed by atoms with E-state index < -0.39 is 5.41 Å². The summed E-state index contributed by atoms with van der Waals surface area (Å²) in [5.41, 5.74) is 1.67. The molecule has 27 heavy (non-hydrogen) atoms. The fraction of sp³-hybridized carbons (Fsp3) is 0.591. The molecule has 1 N–H and O–H groups in total. The van der Waals surface area contributed by atoms with Crippen LogP contribution in [0.1, 0.15) is 58.4 Å². The first kappa shape index (κ1) is 18.2. The lowest BCUT2D eigenvalue weighted by molar-refractivity contribution is -0.150. The molecule has 1 aromatic carbocycles. The van der Waals surface area contributed by atoms with E-state index in [2.05, 4.69) is 10.2 Å². The van der Waals surface area contributed by atoms with Crippen molar-refractivity contribution < 1.29 is 14.4 Å². The molecule has 1 spiro atoms. The average molecular weight is 368 g/mol. The predicted molar refractivity (Wildman–Crippen MR) is 105 cm³/mol. The van der Waals surface area contributed by atoms with Crippen molar-refractivity contribution in [1.29, 1.82) is 0 Å². The molecule has 1 aromatic rings. The van der Waals surface area contributed by atoms with Crippen LogP contribution in [0, 0.1) is 10.8 Å². The van der Waals surface area contributed by atoms with Gasteiger partial charge in [-0.3, -0.25) is 14.4 Å². The molecule has 0 bridgehead atoms. The van der Waals surface area contributed by atoms with E-state index in [9.17, 15) is 14.4 Å². The Labute approximate surface area is 160 Å². The first-order valence-electron chi connectivity index (χ1n) is 9.97. The third-order valence-electron chi connectivity index (χ3n) is 6.52. The highest BCUT2D eigenvalue weighted by molar-refractivity contribution is 6.11. The highest BCUT2D eigenvalue weighted by Crippen LogP contribution is 2.52. The number of nitrogens with zero attached hydrogens (tertiary/aromatic N) is 1. The topological polar surface area (TPSA) is 66.5 Å². The molecule has 4 rings (SSSR count). The quantitative estimate of drug-likeness (QED) is 0.771. The first-order chi connectivity index (χ1) is 12.7. The standard InChI is InChI=1S/C22H28N2O3/c1-14(25)23-16-7-8-17-15(10-16)11-22(18-6-4-5-9-24(17)18)19(26)12-21(2,3)13-20(22)27/h7-8,10,18H,4-6,9,11-13H2,1-3H3,(H,23,25). The number of Topliss-reactive ketones (excluding diaryl/α,β-unsaturated/α-hetero) is 2. The largest absolute Gasteiger partial charge is 0.367 e. The van der Waals surface area contributed by atoms with Gasteiger partial charge in [-0.1, -0.05) is 13.8 Å². The summed E-state index contributed by atoms with van der Waals surface area (Å²) in [6.07, 6.45) is 4.42. The monoisotopic (exact) mass is 368 g/mol. The van der Waals surface area contributed by atoms with Crippen molar-refractivity contribution in [3.05, 3.63) is 23.8 Å². The highest BCUT2D eigenvalue weighted by Gasteiger charge is 2.59. The Morgan fingerprint density at radius 3 is 2.48 bits per heavy atom. The lowest BCUT2D eigenvalue weighted by Gasteiger charge is -2.54. The second-order valence-corrected chi connectivity index (χ2v) is 9.24. The number of amides is 1. The number of hydrogen-bond donors (Lipinski definition) is 1. The molecule has 1 atom stereocenters. The Morgan fingerprint density at radius 1 is 1.11 bits per heavy atom. The maximum absolute atomic E-state index is 13.4. The summed E-state index contributed by atoms with van der Waals surface area (Å²) in [5, 5.41) is 2.83. The van der Waals surface area contributed by atoms with Gasteiger partial charge in [-0.2, -0.15) is 0 Å². The molecule has 1 saturated heterocycles. The zero-order chi connectivity index (χ0) is 19.4. The van der Waals surface area contributed by atoms with Gasteiger partial charge < -0.3 is 10.2 Å². The van der Waals surface area contributed by atoms with Gasteiger partial charge >= 0.3 is 0 Å². The smallest absolute Gasteiger partial charge is 0.221 e. The van der Waals surface area contributed by atoms with Crippen LogP contribution in [0.4, 0.5) is 11.4 Å². The number of carbonyl (C=O) groups excluding carboxylic acids is 3. The number of fused-ring (bicyclic) bond motifs is 4. The van der Waals surface area contributed by atoms with Crippen molar-refractivity contribution in [3.63, 3.8) is 0 Å². The summed E-state index contributed by atoms with van der Waals surface area (Å²) in [7, 11) is 0. The molecular formula is C22H28N2O3. The molecule has 1 unspecified atom stereocenters. The Bertz CT molecular complexity index is 807. The van der Waals surface area contributed by atoms with Gasteiger partial charge in [-0.25, -0.2) is 0 Å². The highest BCUT2D eigenvalue weighted by atomic mass is 16.2. The second-order valence-electron chi connectivity index (χ2n) is 9.24. The van der Waals surface area contributed by atoms with Crippen LogP contribution in [0.5, 0.6) is 0 Å². The number of nitrogens with one attached hydrogen (secondary N) is 1. The van der Waals surface area contributed by atoms with Crippen LogP contribution in [-0.2, 0) is 20.8 Å². The van der Waals surface area contributed by atoms with E-state index in [1.165, 1.54) is 6.92 Å². The molecule has 1 amide bonds. The van der Waals surface area contributed by atoms with Crippen LogP contribution in [0.2, 0.25) is 0 Å².